The molecule has 3 aromatic carbocycles. The lowest BCUT2D eigenvalue weighted by atomic mass is 10.1. The van der Waals surface area contributed by atoms with E-state index in [1.54, 1.807) is 24.3 Å². The highest BCUT2D eigenvalue weighted by molar-refractivity contribution is 5.91. The molecule has 0 saturated heterocycles. The van der Waals surface area contributed by atoms with E-state index >= 15 is 0 Å². The van der Waals surface area contributed by atoms with Crippen molar-refractivity contribution >= 4 is 23.8 Å². The molecule has 8 nitrogen and oxygen atoms in total. The number of carbonyl (C=O) groups excluding carboxylic acids is 2. The highest BCUT2D eigenvalue weighted by atomic mass is 16.6. The molecular weight excluding hydrogens is 398 g/mol. The fourth-order valence-electron chi connectivity index (χ4n) is 2.68. The summed E-state index contributed by atoms with van der Waals surface area (Å²) < 4.78 is 5.30. The molecule has 0 fully saturated rings. The maximum atomic E-state index is 12.2. The largest absolute Gasteiger partial charge is 0.423 e. The zero-order valence-electron chi connectivity index (χ0n) is 16.4. The van der Waals surface area contributed by atoms with Crippen LogP contribution in [0.3, 0.4) is 0 Å². The van der Waals surface area contributed by atoms with Gasteiger partial charge in [0.1, 0.15) is 5.75 Å². The van der Waals surface area contributed by atoms with E-state index < -0.39 is 10.9 Å². The highest BCUT2D eigenvalue weighted by Crippen LogP contribution is 2.16. The summed E-state index contributed by atoms with van der Waals surface area (Å²) >= 11 is 0. The predicted octanol–water partition coefficient (Wildman–Crippen LogP) is 3.90. The number of aryl methyl sites for hydroxylation is 1. The van der Waals surface area contributed by atoms with Gasteiger partial charge in [-0.05, 0) is 41.8 Å². The van der Waals surface area contributed by atoms with Crippen molar-refractivity contribution in [2.24, 2.45) is 5.10 Å². The number of non-ortho nitro benzene ring substituents is 1. The van der Waals surface area contributed by atoms with E-state index in [0.717, 1.165) is 5.56 Å². The van der Waals surface area contributed by atoms with E-state index in [2.05, 4.69) is 10.5 Å². The molecule has 156 valence electrons. The molecule has 0 aliphatic rings. The van der Waals surface area contributed by atoms with E-state index in [1.165, 1.54) is 30.5 Å². The first kappa shape index (κ1) is 21.4. The number of amides is 1. The first-order valence-corrected chi connectivity index (χ1v) is 9.44. The number of nitro benzene ring substituents is 1. The van der Waals surface area contributed by atoms with Gasteiger partial charge in [0.05, 0.1) is 16.7 Å². The average molecular weight is 417 g/mol. The number of benzene rings is 3. The van der Waals surface area contributed by atoms with Crippen LogP contribution in [0.15, 0.2) is 84.0 Å². The molecule has 0 aliphatic carbocycles. The molecule has 3 rings (SSSR count). The Labute approximate surface area is 178 Å². The average Bonchev–Trinajstić information content (AvgIpc) is 2.79. The molecule has 0 spiro atoms. The quantitative estimate of drug-likeness (QED) is 0.196. The minimum atomic E-state index is -0.641. The maximum absolute atomic E-state index is 12.2. The van der Waals surface area contributed by atoms with Gasteiger partial charge in [0.15, 0.2) is 0 Å². The van der Waals surface area contributed by atoms with Crippen molar-refractivity contribution in [2.75, 3.05) is 0 Å². The minimum absolute atomic E-state index is 0.111. The first-order valence-electron chi connectivity index (χ1n) is 9.44. The van der Waals surface area contributed by atoms with Crippen LogP contribution in [0, 0.1) is 10.1 Å². The van der Waals surface area contributed by atoms with Gasteiger partial charge in [-0.15, -0.1) is 0 Å². The standard InChI is InChI=1S/C23H19N3O5/c27-22(14-9-17-5-2-1-3-6-17)25-24-16-18-7-4-8-21(15-18)31-23(28)19-10-12-20(13-11-19)26(29)30/h1-8,10-13,15-16H,9,14H2,(H,25,27). The van der Waals surface area contributed by atoms with Crippen molar-refractivity contribution in [3.8, 4) is 5.75 Å². The summed E-state index contributed by atoms with van der Waals surface area (Å²) in [7, 11) is 0. The van der Waals surface area contributed by atoms with E-state index in [-0.39, 0.29) is 22.9 Å². The molecule has 0 aliphatic heterocycles. The summed E-state index contributed by atoms with van der Waals surface area (Å²) in [5.74, 6) is -0.568. The summed E-state index contributed by atoms with van der Waals surface area (Å²) in [4.78, 5) is 34.3. The summed E-state index contributed by atoms with van der Waals surface area (Å²) in [6.45, 7) is 0. The van der Waals surface area contributed by atoms with Crippen LogP contribution in [-0.4, -0.2) is 23.0 Å². The fraction of sp³-hybridized carbons (Fsp3) is 0.0870. The Morgan fingerprint density at radius 3 is 2.45 bits per heavy atom. The van der Waals surface area contributed by atoms with Gasteiger partial charge in [0.25, 0.3) is 5.69 Å². The van der Waals surface area contributed by atoms with Crippen LogP contribution >= 0.6 is 0 Å². The number of hydrogen-bond acceptors (Lipinski definition) is 6. The van der Waals surface area contributed by atoms with Gasteiger partial charge < -0.3 is 4.74 Å². The van der Waals surface area contributed by atoms with Crippen molar-refractivity contribution in [1.29, 1.82) is 0 Å². The summed E-state index contributed by atoms with van der Waals surface area (Å²) in [5.41, 5.74) is 4.25. The number of rotatable bonds is 8. The molecule has 1 amide bonds. The molecule has 0 heterocycles. The van der Waals surface area contributed by atoms with E-state index in [9.17, 15) is 19.7 Å². The van der Waals surface area contributed by atoms with Crippen LogP contribution in [-0.2, 0) is 11.2 Å². The van der Waals surface area contributed by atoms with E-state index in [4.69, 9.17) is 4.74 Å². The molecule has 3 aromatic rings. The zero-order valence-corrected chi connectivity index (χ0v) is 16.4. The van der Waals surface area contributed by atoms with Crippen LogP contribution < -0.4 is 10.2 Å². The second-order valence-corrected chi connectivity index (χ2v) is 6.54. The molecule has 31 heavy (non-hydrogen) atoms. The Hall–Kier alpha value is -4.33. The van der Waals surface area contributed by atoms with Crippen LogP contribution in [0.1, 0.15) is 27.9 Å². The summed E-state index contributed by atoms with van der Waals surface area (Å²) in [6, 6.07) is 21.4. The van der Waals surface area contributed by atoms with Gasteiger partial charge in [-0.25, -0.2) is 10.2 Å². The third kappa shape index (κ3) is 6.60. The second kappa shape index (κ2) is 10.4. The molecular formula is C23H19N3O5. The van der Waals surface area contributed by atoms with Crippen molar-refractivity contribution in [2.45, 2.75) is 12.8 Å². The summed E-state index contributed by atoms with van der Waals surface area (Å²) in [6.07, 6.45) is 2.38. The molecule has 0 radical (unpaired) electrons. The SMILES string of the molecule is O=C(CCc1ccccc1)NN=Cc1cccc(OC(=O)c2ccc([N+](=O)[O-])cc2)c1. The van der Waals surface area contributed by atoms with Gasteiger partial charge in [0.2, 0.25) is 5.91 Å². The van der Waals surface area contributed by atoms with Crippen molar-refractivity contribution in [3.05, 3.63) is 106 Å². The lowest BCUT2D eigenvalue weighted by Gasteiger charge is -2.05. The van der Waals surface area contributed by atoms with Crippen molar-refractivity contribution in [3.63, 3.8) is 0 Å². The van der Waals surface area contributed by atoms with Gasteiger partial charge in [-0.2, -0.15) is 5.10 Å². The molecule has 0 atom stereocenters. The number of carbonyl (C=O) groups is 2. The fourth-order valence-corrected chi connectivity index (χ4v) is 2.68. The van der Waals surface area contributed by atoms with Crippen LogP contribution in [0.5, 0.6) is 5.75 Å². The monoisotopic (exact) mass is 417 g/mol. The zero-order chi connectivity index (χ0) is 22.1. The first-order chi connectivity index (χ1) is 15.0. The Morgan fingerprint density at radius 2 is 1.74 bits per heavy atom. The molecule has 0 bridgehead atoms. The number of nitro groups is 1. The van der Waals surface area contributed by atoms with Crippen LogP contribution in [0.4, 0.5) is 5.69 Å². The van der Waals surface area contributed by atoms with Crippen LogP contribution in [0.25, 0.3) is 0 Å². The number of hydrazone groups is 1. The third-order valence-corrected chi connectivity index (χ3v) is 4.27. The number of nitrogens with zero attached hydrogens (tertiary/aromatic N) is 2. The Balaban J connectivity index is 1.52. The Bertz CT molecular complexity index is 1100. The lowest BCUT2D eigenvalue weighted by molar-refractivity contribution is -0.384. The predicted molar refractivity (Wildman–Crippen MR) is 115 cm³/mol. The Morgan fingerprint density at radius 1 is 1.00 bits per heavy atom. The molecule has 0 aromatic heterocycles. The summed E-state index contributed by atoms with van der Waals surface area (Å²) in [5, 5.41) is 14.6. The molecule has 0 unspecified atom stereocenters. The van der Waals surface area contributed by atoms with Gasteiger partial charge in [-0.3, -0.25) is 14.9 Å². The maximum Gasteiger partial charge on any atom is 0.343 e. The van der Waals surface area contributed by atoms with E-state index in [1.807, 2.05) is 30.3 Å². The van der Waals surface area contributed by atoms with Crippen molar-refractivity contribution in [1.82, 2.24) is 5.43 Å². The number of hydrogen-bond donors (Lipinski definition) is 1. The number of nitrogens with one attached hydrogen (secondary N) is 1. The van der Waals surface area contributed by atoms with Crippen molar-refractivity contribution < 1.29 is 19.2 Å². The second-order valence-electron chi connectivity index (χ2n) is 6.54. The van der Waals surface area contributed by atoms with Gasteiger partial charge in [-0.1, -0.05) is 42.5 Å². The van der Waals surface area contributed by atoms with Crippen LogP contribution in [0.2, 0.25) is 0 Å². The van der Waals surface area contributed by atoms with Gasteiger partial charge >= 0.3 is 5.97 Å². The smallest absolute Gasteiger partial charge is 0.343 e. The normalized spacial score (nSPS) is 10.6. The topological polar surface area (TPSA) is 111 Å². The molecule has 1 N–H and O–H groups in total. The third-order valence-electron chi connectivity index (χ3n) is 4.27. The van der Waals surface area contributed by atoms with Gasteiger partial charge in [0, 0.05) is 18.6 Å². The molecule has 0 saturated carbocycles. The molecule has 8 heteroatoms. The van der Waals surface area contributed by atoms with E-state index in [0.29, 0.717) is 18.4 Å². The Kier molecular flexibility index (Phi) is 7.21. The number of esters is 1. The minimum Gasteiger partial charge on any atom is -0.423 e. The number of ether oxygens (including phenoxy) is 1. The highest BCUT2D eigenvalue weighted by Gasteiger charge is 2.11. The lowest BCUT2D eigenvalue weighted by Crippen LogP contribution is -2.17.